The standard InChI is InChI=1S/C13H19NO2/c15-9-1-2-12-3-5-13(6-4-12)14-7-10-16-11-8-14/h3-6,15H,1-2,7-11H2. The second-order valence-corrected chi connectivity index (χ2v) is 4.09. The number of ether oxygens (including phenoxy) is 1. The Balaban J connectivity index is 1.95. The molecular formula is C13H19NO2. The summed E-state index contributed by atoms with van der Waals surface area (Å²) < 4.78 is 5.33. The van der Waals surface area contributed by atoms with E-state index in [2.05, 4.69) is 29.2 Å². The van der Waals surface area contributed by atoms with Crippen LogP contribution in [0.25, 0.3) is 0 Å². The molecular weight excluding hydrogens is 202 g/mol. The molecule has 1 N–H and O–H groups in total. The van der Waals surface area contributed by atoms with Crippen LogP contribution in [0.1, 0.15) is 12.0 Å². The van der Waals surface area contributed by atoms with E-state index < -0.39 is 0 Å². The average Bonchev–Trinajstić information content (AvgIpc) is 2.38. The molecule has 2 rings (SSSR count). The molecule has 0 radical (unpaired) electrons. The van der Waals surface area contributed by atoms with Crippen molar-refractivity contribution in [3.63, 3.8) is 0 Å². The SMILES string of the molecule is OCCCc1ccc(N2CCOCC2)cc1. The zero-order valence-electron chi connectivity index (χ0n) is 9.56. The van der Waals surface area contributed by atoms with Gasteiger partial charge in [-0.25, -0.2) is 0 Å². The summed E-state index contributed by atoms with van der Waals surface area (Å²) >= 11 is 0. The van der Waals surface area contributed by atoms with Crippen molar-refractivity contribution in [1.29, 1.82) is 0 Å². The molecule has 1 aromatic rings. The van der Waals surface area contributed by atoms with Crippen LogP contribution in [-0.4, -0.2) is 38.0 Å². The first-order valence-corrected chi connectivity index (χ1v) is 5.92. The molecule has 0 spiro atoms. The molecule has 88 valence electrons. The van der Waals surface area contributed by atoms with Crippen LogP contribution in [0.2, 0.25) is 0 Å². The monoisotopic (exact) mass is 221 g/mol. The maximum Gasteiger partial charge on any atom is 0.0642 e. The van der Waals surface area contributed by atoms with Crippen LogP contribution in [0.5, 0.6) is 0 Å². The molecule has 16 heavy (non-hydrogen) atoms. The van der Waals surface area contributed by atoms with Gasteiger partial charge >= 0.3 is 0 Å². The number of anilines is 1. The Morgan fingerprint density at radius 2 is 1.81 bits per heavy atom. The molecule has 3 heteroatoms. The average molecular weight is 221 g/mol. The highest BCUT2D eigenvalue weighted by Gasteiger charge is 2.10. The highest BCUT2D eigenvalue weighted by molar-refractivity contribution is 5.47. The van der Waals surface area contributed by atoms with Crippen LogP contribution in [0, 0.1) is 0 Å². The number of aryl methyl sites for hydroxylation is 1. The summed E-state index contributed by atoms with van der Waals surface area (Å²) in [5.41, 5.74) is 2.57. The summed E-state index contributed by atoms with van der Waals surface area (Å²) in [6, 6.07) is 8.64. The van der Waals surface area contributed by atoms with E-state index in [4.69, 9.17) is 9.84 Å². The predicted molar refractivity (Wildman–Crippen MR) is 64.9 cm³/mol. The summed E-state index contributed by atoms with van der Waals surface area (Å²) in [4.78, 5) is 2.35. The molecule has 0 aromatic heterocycles. The third-order valence-corrected chi connectivity index (χ3v) is 2.94. The van der Waals surface area contributed by atoms with Crippen molar-refractivity contribution in [2.24, 2.45) is 0 Å². The van der Waals surface area contributed by atoms with Gasteiger partial charge in [0.2, 0.25) is 0 Å². The van der Waals surface area contributed by atoms with Gasteiger partial charge in [-0.3, -0.25) is 0 Å². The number of aliphatic hydroxyl groups excluding tert-OH is 1. The maximum atomic E-state index is 8.76. The van der Waals surface area contributed by atoms with E-state index in [1.807, 2.05) is 0 Å². The lowest BCUT2D eigenvalue weighted by Gasteiger charge is -2.28. The number of hydrogen-bond acceptors (Lipinski definition) is 3. The van der Waals surface area contributed by atoms with Gasteiger partial charge in [0.05, 0.1) is 13.2 Å². The molecule has 0 saturated carbocycles. The van der Waals surface area contributed by atoms with E-state index in [1.54, 1.807) is 0 Å². The number of hydrogen-bond donors (Lipinski definition) is 1. The van der Waals surface area contributed by atoms with Gasteiger partial charge in [0.25, 0.3) is 0 Å². The molecule has 1 saturated heterocycles. The van der Waals surface area contributed by atoms with E-state index >= 15 is 0 Å². The summed E-state index contributed by atoms with van der Waals surface area (Å²) in [7, 11) is 0. The van der Waals surface area contributed by atoms with Crippen LogP contribution in [0.15, 0.2) is 24.3 Å². The van der Waals surface area contributed by atoms with Crippen LogP contribution in [0.3, 0.4) is 0 Å². The van der Waals surface area contributed by atoms with E-state index in [-0.39, 0.29) is 6.61 Å². The summed E-state index contributed by atoms with van der Waals surface area (Å²) in [5, 5.41) is 8.76. The van der Waals surface area contributed by atoms with Crippen molar-refractivity contribution in [2.75, 3.05) is 37.8 Å². The number of morpholine rings is 1. The lowest BCUT2D eigenvalue weighted by atomic mass is 10.1. The molecule has 1 aromatic carbocycles. The van der Waals surface area contributed by atoms with Gasteiger partial charge in [0, 0.05) is 25.4 Å². The van der Waals surface area contributed by atoms with Gasteiger partial charge in [-0.2, -0.15) is 0 Å². The molecule has 0 aliphatic carbocycles. The Morgan fingerprint density at radius 3 is 2.44 bits per heavy atom. The minimum absolute atomic E-state index is 0.269. The van der Waals surface area contributed by atoms with Gasteiger partial charge in [-0.05, 0) is 30.5 Å². The van der Waals surface area contributed by atoms with Gasteiger partial charge in [-0.15, -0.1) is 0 Å². The van der Waals surface area contributed by atoms with E-state index in [0.29, 0.717) is 0 Å². The fourth-order valence-corrected chi connectivity index (χ4v) is 1.98. The van der Waals surface area contributed by atoms with E-state index in [0.717, 1.165) is 39.1 Å². The lowest BCUT2D eigenvalue weighted by Crippen LogP contribution is -2.36. The minimum Gasteiger partial charge on any atom is -0.396 e. The number of aliphatic hydroxyl groups is 1. The Morgan fingerprint density at radius 1 is 1.12 bits per heavy atom. The fraction of sp³-hybridized carbons (Fsp3) is 0.538. The molecule has 1 heterocycles. The van der Waals surface area contributed by atoms with Crippen molar-refractivity contribution in [3.05, 3.63) is 29.8 Å². The van der Waals surface area contributed by atoms with Gasteiger partial charge < -0.3 is 14.7 Å². The molecule has 0 atom stereocenters. The lowest BCUT2D eigenvalue weighted by molar-refractivity contribution is 0.122. The topological polar surface area (TPSA) is 32.7 Å². The Labute approximate surface area is 96.6 Å². The number of benzene rings is 1. The summed E-state index contributed by atoms with van der Waals surface area (Å²) in [6.45, 7) is 3.88. The molecule has 3 nitrogen and oxygen atoms in total. The zero-order valence-corrected chi connectivity index (χ0v) is 9.56. The molecule has 1 aliphatic heterocycles. The quantitative estimate of drug-likeness (QED) is 0.835. The summed E-state index contributed by atoms with van der Waals surface area (Å²) in [6.07, 6.45) is 1.80. The zero-order chi connectivity index (χ0) is 11.2. The highest BCUT2D eigenvalue weighted by atomic mass is 16.5. The maximum absolute atomic E-state index is 8.76. The van der Waals surface area contributed by atoms with Crippen molar-refractivity contribution >= 4 is 5.69 Å². The number of rotatable bonds is 4. The van der Waals surface area contributed by atoms with E-state index in [9.17, 15) is 0 Å². The molecule has 1 fully saturated rings. The largest absolute Gasteiger partial charge is 0.396 e. The first-order chi connectivity index (χ1) is 7.90. The van der Waals surface area contributed by atoms with Crippen molar-refractivity contribution in [1.82, 2.24) is 0 Å². The summed E-state index contributed by atoms with van der Waals surface area (Å²) in [5.74, 6) is 0. The van der Waals surface area contributed by atoms with Crippen LogP contribution >= 0.6 is 0 Å². The first-order valence-electron chi connectivity index (χ1n) is 5.92. The number of nitrogens with zero attached hydrogens (tertiary/aromatic N) is 1. The van der Waals surface area contributed by atoms with Crippen molar-refractivity contribution in [3.8, 4) is 0 Å². The van der Waals surface area contributed by atoms with Gasteiger partial charge in [-0.1, -0.05) is 12.1 Å². The highest BCUT2D eigenvalue weighted by Crippen LogP contribution is 2.17. The first kappa shape index (κ1) is 11.4. The second kappa shape index (κ2) is 5.87. The second-order valence-electron chi connectivity index (χ2n) is 4.09. The van der Waals surface area contributed by atoms with Crippen LogP contribution < -0.4 is 4.90 Å². The van der Waals surface area contributed by atoms with Crippen LogP contribution in [0.4, 0.5) is 5.69 Å². The molecule has 0 amide bonds. The third-order valence-electron chi connectivity index (χ3n) is 2.94. The molecule has 0 unspecified atom stereocenters. The Bertz CT molecular complexity index is 304. The van der Waals surface area contributed by atoms with Crippen molar-refractivity contribution < 1.29 is 9.84 Å². The third kappa shape index (κ3) is 2.97. The molecule has 0 bridgehead atoms. The minimum atomic E-state index is 0.269. The van der Waals surface area contributed by atoms with Crippen LogP contribution in [-0.2, 0) is 11.2 Å². The fourth-order valence-electron chi connectivity index (χ4n) is 1.98. The normalized spacial score (nSPS) is 16.4. The smallest absolute Gasteiger partial charge is 0.0642 e. The Hall–Kier alpha value is -1.06. The Kier molecular flexibility index (Phi) is 4.19. The van der Waals surface area contributed by atoms with E-state index in [1.165, 1.54) is 11.3 Å². The van der Waals surface area contributed by atoms with Crippen molar-refractivity contribution in [2.45, 2.75) is 12.8 Å². The molecule has 1 aliphatic rings. The predicted octanol–water partition coefficient (Wildman–Crippen LogP) is 1.45. The van der Waals surface area contributed by atoms with Gasteiger partial charge in [0.1, 0.15) is 0 Å². The van der Waals surface area contributed by atoms with Gasteiger partial charge in [0.15, 0.2) is 0 Å².